The van der Waals surface area contributed by atoms with Gasteiger partial charge in [-0.1, -0.05) is 49.6 Å². The van der Waals surface area contributed by atoms with Crippen molar-refractivity contribution in [3.05, 3.63) is 59.7 Å². The van der Waals surface area contributed by atoms with Crippen LogP contribution in [-0.2, 0) is 16.0 Å². The predicted molar refractivity (Wildman–Crippen MR) is 164 cm³/mol. The third-order valence-corrected chi connectivity index (χ3v) is 9.57. The smallest absolute Gasteiger partial charge is 0.237 e. The van der Waals surface area contributed by atoms with Gasteiger partial charge in [-0.2, -0.15) is 0 Å². The molecular formula is C33H47N3O3S. The number of aromatic hydroxyl groups is 1. The second-order valence-corrected chi connectivity index (χ2v) is 13.8. The van der Waals surface area contributed by atoms with Crippen molar-refractivity contribution in [2.24, 2.45) is 11.8 Å². The first-order chi connectivity index (χ1) is 19.1. The Bertz CT molecular complexity index is 1130. The number of fused-ring (bicyclic) bond motifs is 1. The summed E-state index contributed by atoms with van der Waals surface area (Å²) in [5, 5.41) is 16.6. The number of hydrogen-bond donors (Lipinski definition) is 3. The number of nitrogens with one attached hydrogen (secondary N) is 2. The molecule has 0 spiro atoms. The quantitative estimate of drug-likeness (QED) is 0.322. The molecule has 40 heavy (non-hydrogen) atoms. The maximum atomic E-state index is 13.4. The second kappa shape index (κ2) is 13.9. The van der Waals surface area contributed by atoms with Gasteiger partial charge in [0.15, 0.2) is 0 Å². The summed E-state index contributed by atoms with van der Waals surface area (Å²) in [7, 11) is 0. The zero-order chi connectivity index (χ0) is 28.7. The Morgan fingerprint density at radius 3 is 2.50 bits per heavy atom. The van der Waals surface area contributed by atoms with E-state index in [9.17, 15) is 14.7 Å². The molecule has 3 N–H and O–H groups in total. The van der Waals surface area contributed by atoms with Gasteiger partial charge >= 0.3 is 0 Å². The Kier molecular flexibility index (Phi) is 10.6. The number of benzene rings is 2. The van der Waals surface area contributed by atoms with Crippen LogP contribution in [0.4, 0.5) is 0 Å². The predicted octanol–water partition coefficient (Wildman–Crippen LogP) is 5.71. The van der Waals surface area contributed by atoms with Gasteiger partial charge in [-0.3, -0.25) is 14.5 Å². The fourth-order valence-corrected chi connectivity index (χ4v) is 7.21. The summed E-state index contributed by atoms with van der Waals surface area (Å²) in [6.45, 7) is 9.71. The van der Waals surface area contributed by atoms with Gasteiger partial charge in [0.1, 0.15) is 5.75 Å². The van der Waals surface area contributed by atoms with E-state index in [1.165, 1.54) is 30.6 Å². The molecule has 0 bridgehead atoms. The highest BCUT2D eigenvalue weighted by Gasteiger charge is 2.40. The summed E-state index contributed by atoms with van der Waals surface area (Å²) in [6.07, 6.45) is 6.99. The molecule has 6 nitrogen and oxygen atoms in total. The van der Waals surface area contributed by atoms with Crippen LogP contribution in [-0.4, -0.2) is 58.3 Å². The molecule has 1 heterocycles. The number of phenolic OH excluding ortho intramolecular Hbond substituents is 1. The minimum absolute atomic E-state index is 0.0364. The van der Waals surface area contributed by atoms with Crippen LogP contribution < -0.4 is 10.6 Å². The topological polar surface area (TPSA) is 81.7 Å². The largest absolute Gasteiger partial charge is 0.508 e. The van der Waals surface area contributed by atoms with Gasteiger partial charge in [-0.05, 0) is 88.1 Å². The molecule has 0 aromatic heterocycles. The summed E-state index contributed by atoms with van der Waals surface area (Å²) >= 11 is 1.75. The molecular weight excluding hydrogens is 518 g/mol. The summed E-state index contributed by atoms with van der Waals surface area (Å²) < 4.78 is 0. The van der Waals surface area contributed by atoms with Crippen molar-refractivity contribution in [2.75, 3.05) is 18.8 Å². The molecule has 1 saturated heterocycles. The Balaban J connectivity index is 1.45. The molecule has 2 fully saturated rings. The van der Waals surface area contributed by atoms with E-state index in [1.54, 1.807) is 23.9 Å². The zero-order valence-corrected chi connectivity index (χ0v) is 25.4. The first-order valence-corrected chi connectivity index (χ1v) is 15.9. The van der Waals surface area contributed by atoms with Gasteiger partial charge in [0, 0.05) is 35.3 Å². The number of carbonyl (C=O) groups is 2. The molecule has 0 unspecified atom stereocenters. The highest BCUT2D eigenvalue weighted by molar-refractivity contribution is 7.99. The number of likely N-dealkylation sites (tertiary alicyclic amines) is 1. The zero-order valence-electron chi connectivity index (χ0n) is 24.6. The molecule has 2 aromatic rings. The molecule has 2 amide bonds. The fraction of sp³-hybridized carbons (Fsp3) is 0.576. The Morgan fingerprint density at radius 1 is 1.05 bits per heavy atom. The minimum Gasteiger partial charge on any atom is -0.508 e. The maximum absolute atomic E-state index is 13.4. The monoisotopic (exact) mass is 565 g/mol. The fourth-order valence-electron chi connectivity index (χ4n) is 6.22. The molecule has 218 valence electrons. The molecule has 2 aliphatic rings. The lowest BCUT2D eigenvalue weighted by molar-refractivity contribution is -0.131. The summed E-state index contributed by atoms with van der Waals surface area (Å²) in [5.74, 6) is 2.36. The lowest BCUT2D eigenvalue weighted by Crippen LogP contribution is -2.58. The lowest BCUT2D eigenvalue weighted by atomic mass is 9.72. The number of amides is 2. The van der Waals surface area contributed by atoms with E-state index in [1.807, 2.05) is 52.0 Å². The number of rotatable bonds is 10. The number of phenols is 1. The highest BCUT2D eigenvalue weighted by Crippen LogP contribution is 2.39. The molecule has 1 aliphatic heterocycles. The van der Waals surface area contributed by atoms with Crippen molar-refractivity contribution in [1.29, 1.82) is 0 Å². The first-order valence-electron chi connectivity index (χ1n) is 14.9. The van der Waals surface area contributed by atoms with Crippen molar-refractivity contribution in [2.45, 2.75) is 95.2 Å². The Labute approximate surface area is 244 Å². The van der Waals surface area contributed by atoms with Gasteiger partial charge in [0.25, 0.3) is 0 Å². The summed E-state index contributed by atoms with van der Waals surface area (Å²) in [6, 6.07) is 15.5. The molecule has 2 aromatic carbocycles. The third-order valence-electron chi connectivity index (χ3n) is 8.40. The number of piperidine rings is 1. The number of thioether (sulfide) groups is 1. The van der Waals surface area contributed by atoms with Crippen LogP contribution in [0.5, 0.6) is 5.75 Å². The minimum atomic E-state index is -0.265. The van der Waals surface area contributed by atoms with Crippen molar-refractivity contribution in [3.63, 3.8) is 0 Å². The van der Waals surface area contributed by atoms with E-state index in [0.717, 1.165) is 42.8 Å². The molecule has 4 rings (SSSR count). The van der Waals surface area contributed by atoms with Crippen molar-refractivity contribution in [3.8, 4) is 5.75 Å². The van der Waals surface area contributed by atoms with Gasteiger partial charge in [-0.15, -0.1) is 11.8 Å². The van der Waals surface area contributed by atoms with E-state index in [0.29, 0.717) is 11.8 Å². The summed E-state index contributed by atoms with van der Waals surface area (Å²) in [5.41, 5.74) is 1.32. The van der Waals surface area contributed by atoms with Crippen LogP contribution in [0.1, 0.15) is 70.4 Å². The van der Waals surface area contributed by atoms with Crippen LogP contribution in [0.15, 0.2) is 53.4 Å². The van der Waals surface area contributed by atoms with E-state index >= 15 is 0 Å². The number of hydrogen-bond acceptors (Lipinski definition) is 5. The molecule has 1 saturated carbocycles. The highest BCUT2D eigenvalue weighted by atomic mass is 32.2. The van der Waals surface area contributed by atoms with Crippen molar-refractivity contribution in [1.82, 2.24) is 15.5 Å². The average Bonchev–Trinajstić information content (AvgIpc) is 2.92. The second-order valence-electron chi connectivity index (χ2n) is 12.7. The van der Waals surface area contributed by atoms with Crippen LogP contribution >= 0.6 is 11.8 Å². The molecule has 7 heteroatoms. The Morgan fingerprint density at radius 2 is 1.77 bits per heavy atom. The third kappa shape index (κ3) is 8.74. The van der Waals surface area contributed by atoms with E-state index in [-0.39, 0.29) is 41.6 Å². The number of nitrogens with zero attached hydrogens (tertiary/aromatic N) is 1. The van der Waals surface area contributed by atoms with Gasteiger partial charge in [-0.25, -0.2) is 0 Å². The van der Waals surface area contributed by atoms with E-state index < -0.39 is 0 Å². The average molecular weight is 566 g/mol. The van der Waals surface area contributed by atoms with Crippen molar-refractivity contribution >= 4 is 23.6 Å². The Hall–Kier alpha value is -2.51. The molecule has 4 atom stereocenters. The van der Waals surface area contributed by atoms with E-state index in [2.05, 4.69) is 27.7 Å². The summed E-state index contributed by atoms with van der Waals surface area (Å²) in [4.78, 5) is 30.2. The van der Waals surface area contributed by atoms with Gasteiger partial charge < -0.3 is 15.7 Å². The molecule has 1 aliphatic carbocycles. The standard InChI is InChI=1S/C33H47N3O3S/c1-23-24(13-10-16-30(23)37)20-31(38)34-27(22-40-28-14-6-5-7-15-28)17-18-36-21-26-12-9-8-11-25(26)19-29(36)32(39)35-33(2,3)4/h5-7,10,13-16,25-27,29,37H,8-9,11-12,17-22H2,1-4H3,(H,34,38)(H,35,39)/t25-,26+,27+,29-/m0/s1. The van der Waals surface area contributed by atoms with Gasteiger partial charge in [0.2, 0.25) is 11.8 Å². The van der Waals surface area contributed by atoms with Crippen molar-refractivity contribution < 1.29 is 14.7 Å². The normalized spacial score (nSPS) is 22.2. The van der Waals surface area contributed by atoms with E-state index in [4.69, 9.17) is 0 Å². The van der Waals surface area contributed by atoms with Crippen LogP contribution in [0.2, 0.25) is 0 Å². The lowest BCUT2D eigenvalue weighted by Gasteiger charge is -2.46. The van der Waals surface area contributed by atoms with Crippen LogP contribution in [0.25, 0.3) is 0 Å². The number of carbonyl (C=O) groups excluding carboxylic acids is 2. The maximum Gasteiger partial charge on any atom is 0.237 e. The van der Waals surface area contributed by atoms with Gasteiger partial charge in [0.05, 0.1) is 12.5 Å². The molecule has 0 radical (unpaired) electrons. The first kappa shape index (κ1) is 30.4. The SMILES string of the molecule is Cc1c(O)cccc1CC(=O)N[C@H](CCN1C[C@H]2CCCC[C@H]2C[C@H]1C(=O)NC(C)(C)C)CSc1ccccc1. The van der Waals surface area contributed by atoms with Crippen LogP contribution in [0.3, 0.4) is 0 Å². The van der Waals surface area contributed by atoms with Crippen LogP contribution in [0, 0.1) is 18.8 Å².